The van der Waals surface area contributed by atoms with Crippen molar-refractivity contribution in [3.8, 4) is 0 Å². The van der Waals surface area contributed by atoms with Crippen molar-refractivity contribution in [3.05, 3.63) is 33.6 Å². The molecule has 8 nitrogen and oxygen atoms in total. The summed E-state index contributed by atoms with van der Waals surface area (Å²) in [6.07, 6.45) is -4.87. The van der Waals surface area contributed by atoms with E-state index in [1.54, 1.807) is 0 Å². The molecular weight excluding hydrogens is 297 g/mol. The van der Waals surface area contributed by atoms with Gasteiger partial charge in [-0.05, 0) is 13.0 Å². The molecule has 22 heavy (non-hydrogen) atoms. The van der Waals surface area contributed by atoms with Crippen LogP contribution in [0.15, 0.2) is 10.9 Å². The number of aryl methyl sites for hydroxylation is 1. The van der Waals surface area contributed by atoms with Crippen LogP contribution in [0.5, 0.6) is 0 Å². The molecule has 0 radical (unpaired) electrons. The van der Waals surface area contributed by atoms with Crippen molar-refractivity contribution in [1.29, 1.82) is 0 Å². The Morgan fingerprint density at radius 2 is 2.09 bits per heavy atom. The van der Waals surface area contributed by atoms with Gasteiger partial charge in [-0.2, -0.15) is 4.39 Å². The van der Waals surface area contributed by atoms with E-state index in [-0.39, 0.29) is 22.4 Å². The third kappa shape index (κ3) is 2.28. The number of aromatic amines is 1. The zero-order chi connectivity index (χ0) is 16.0. The van der Waals surface area contributed by atoms with Crippen LogP contribution in [0.4, 0.5) is 4.39 Å². The molecule has 4 N–H and O–H groups in total. The van der Waals surface area contributed by atoms with Gasteiger partial charge in [-0.3, -0.25) is 4.79 Å². The largest absolute Gasteiger partial charge is 0.394 e. The number of H-pyrrole nitrogens is 1. The molecule has 1 fully saturated rings. The lowest BCUT2D eigenvalue weighted by Gasteiger charge is -2.14. The van der Waals surface area contributed by atoms with Crippen LogP contribution < -0.4 is 5.56 Å². The number of pyridine rings is 1. The lowest BCUT2D eigenvalue weighted by Crippen LogP contribution is -2.33. The molecule has 2 aromatic heterocycles. The zero-order valence-corrected chi connectivity index (χ0v) is 11.5. The molecule has 1 aliphatic heterocycles. The average molecular weight is 311 g/mol. The maximum atomic E-state index is 13.5. The van der Waals surface area contributed by atoms with E-state index < -0.39 is 42.5 Å². The number of hydrogen-bond donors (Lipinski definition) is 4. The van der Waals surface area contributed by atoms with Crippen LogP contribution >= 0.6 is 0 Å². The van der Waals surface area contributed by atoms with E-state index in [0.29, 0.717) is 0 Å². The topological polar surface area (TPSA) is 129 Å². The summed E-state index contributed by atoms with van der Waals surface area (Å²) in [5, 5.41) is 28.8. The number of ether oxygens (including phenoxy) is 1. The van der Waals surface area contributed by atoms with Crippen molar-refractivity contribution >= 4 is 11.2 Å². The van der Waals surface area contributed by atoms with Gasteiger partial charge in [-0.25, -0.2) is 9.97 Å². The first-order valence-electron chi connectivity index (χ1n) is 6.62. The predicted molar refractivity (Wildman–Crippen MR) is 71.6 cm³/mol. The average Bonchev–Trinajstić information content (AvgIpc) is 2.76. The van der Waals surface area contributed by atoms with Crippen LogP contribution in [0.1, 0.15) is 17.4 Å². The Bertz CT molecular complexity index is 780. The number of nitrogens with one attached hydrogen (secondary N) is 1. The van der Waals surface area contributed by atoms with Gasteiger partial charge in [0.25, 0.3) is 5.56 Å². The second kappa shape index (κ2) is 5.36. The van der Waals surface area contributed by atoms with Gasteiger partial charge in [0.1, 0.15) is 29.9 Å². The van der Waals surface area contributed by atoms with Crippen LogP contribution in [0.25, 0.3) is 11.2 Å². The molecule has 1 aliphatic rings. The van der Waals surface area contributed by atoms with E-state index in [0.717, 1.165) is 0 Å². The lowest BCUT2D eigenvalue weighted by atomic mass is 10.0. The molecule has 0 aliphatic carbocycles. The minimum absolute atomic E-state index is 0.0208. The van der Waals surface area contributed by atoms with Crippen LogP contribution in [0.3, 0.4) is 0 Å². The summed E-state index contributed by atoms with van der Waals surface area (Å²) in [5.74, 6) is -0.772. The molecule has 4 atom stereocenters. The first-order chi connectivity index (χ1) is 10.4. The van der Waals surface area contributed by atoms with Crippen molar-refractivity contribution in [2.75, 3.05) is 6.61 Å². The minimum atomic E-state index is -1.39. The molecule has 3 heterocycles. The molecule has 2 aromatic rings. The van der Waals surface area contributed by atoms with Gasteiger partial charge in [-0.1, -0.05) is 0 Å². The fraction of sp³-hybridized carbons (Fsp3) is 0.462. The Labute approximate surface area is 123 Å². The maximum Gasteiger partial charge on any atom is 0.255 e. The Hall–Kier alpha value is -1.94. The SMILES string of the molecule is Cc1nc2[nH]c(=O)c([C@@H]3O[C@H](CO)[C@H](O)C3O)cc2nc1F. The molecule has 0 amide bonds. The number of aliphatic hydroxyl groups is 3. The monoisotopic (exact) mass is 311 g/mol. The first-order valence-corrected chi connectivity index (χ1v) is 6.62. The normalized spacial score (nSPS) is 28.4. The summed E-state index contributed by atoms with van der Waals surface area (Å²) in [7, 11) is 0. The van der Waals surface area contributed by atoms with Crippen molar-refractivity contribution in [3.63, 3.8) is 0 Å². The van der Waals surface area contributed by atoms with Crippen LogP contribution in [0, 0.1) is 12.9 Å². The number of halogens is 1. The third-order valence-electron chi connectivity index (χ3n) is 3.67. The van der Waals surface area contributed by atoms with Gasteiger partial charge in [-0.15, -0.1) is 0 Å². The van der Waals surface area contributed by atoms with Gasteiger partial charge in [0.05, 0.1) is 17.9 Å². The minimum Gasteiger partial charge on any atom is -0.394 e. The number of nitrogens with zero attached hydrogens (tertiary/aromatic N) is 2. The van der Waals surface area contributed by atoms with Crippen molar-refractivity contribution in [2.45, 2.75) is 31.3 Å². The molecule has 118 valence electrons. The standard InChI is InChI=1S/C13H14FN3O5/c1-4-11(14)16-6-2-5(13(21)17-12(6)15-4)10-9(20)8(19)7(3-18)22-10/h2,7-10,18-20H,3H2,1H3,(H,15,17,21)/t7-,8+,9?,10+/m1/s1. The van der Waals surface area contributed by atoms with E-state index >= 15 is 0 Å². The first kappa shape index (κ1) is 15.0. The number of aliphatic hydroxyl groups excluding tert-OH is 3. The van der Waals surface area contributed by atoms with E-state index in [1.165, 1.54) is 13.0 Å². The van der Waals surface area contributed by atoms with E-state index in [2.05, 4.69) is 15.0 Å². The van der Waals surface area contributed by atoms with Gasteiger partial charge >= 0.3 is 0 Å². The highest BCUT2D eigenvalue weighted by atomic mass is 19.1. The lowest BCUT2D eigenvalue weighted by molar-refractivity contribution is -0.0231. The molecule has 1 unspecified atom stereocenters. The molecular formula is C13H14FN3O5. The highest BCUT2D eigenvalue weighted by molar-refractivity contribution is 5.70. The number of aromatic nitrogens is 3. The van der Waals surface area contributed by atoms with Crippen molar-refractivity contribution < 1.29 is 24.4 Å². The molecule has 9 heteroatoms. The Kier molecular flexibility index (Phi) is 3.65. The highest BCUT2D eigenvalue weighted by Gasteiger charge is 2.44. The van der Waals surface area contributed by atoms with Gasteiger partial charge < -0.3 is 25.0 Å². The number of hydrogen-bond acceptors (Lipinski definition) is 7. The smallest absolute Gasteiger partial charge is 0.255 e. The van der Waals surface area contributed by atoms with Crippen LogP contribution in [0.2, 0.25) is 0 Å². The Morgan fingerprint density at radius 1 is 1.36 bits per heavy atom. The molecule has 0 saturated carbocycles. The summed E-state index contributed by atoms with van der Waals surface area (Å²) in [4.78, 5) is 22.1. The molecule has 3 rings (SSSR count). The molecule has 1 saturated heterocycles. The number of rotatable bonds is 2. The summed E-state index contributed by atoms with van der Waals surface area (Å²) >= 11 is 0. The van der Waals surface area contributed by atoms with E-state index in [1.807, 2.05) is 0 Å². The summed E-state index contributed by atoms with van der Waals surface area (Å²) in [5.41, 5.74) is -0.367. The fourth-order valence-corrected chi connectivity index (χ4v) is 2.46. The molecule has 0 bridgehead atoms. The maximum absolute atomic E-state index is 13.5. The van der Waals surface area contributed by atoms with E-state index in [4.69, 9.17) is 9.84 Å². The number of fused-ring (bicyclic) bond motifs is 1. The Morgan fingerprint density at radius 3 is 2.73 bits per heavy atom. The van der Waals surface area contributed by atoms with Crippen LogP contribution in [-0.2, 0) is 4.74 Å². The second-order valence-corrected chi connectivity index (χ2v) is 5.15. The zero-order valence-electron chi connectivity index (χ0n) is 11.5. The Balaban J connectivity index is 2.10. The molecule has 0 aromatic carbocycles. The van der Waals surface area contributed by atoms with Crippen LogP contribution in [-0.4, -0.2) is 55.2 Å². The predicted octanol–water partition coefficient (Wildman–Crippen LogP) is -1.08. The summed E-state index contributed by atoms with van der Waals surface area (Å²) < 4.78 is 18.8. The third-order valence-corrected chi connectivity index (χ3v) is 3.67. The van der Waals surface area contributed by atoms with Crippen molar-refractivity contribution in [1.82, 2.24) is 15.0 Å². The van der Waals surface area contributed by atoms with Gasteiger partial charge in [0.2, 0.25) is 5.95 Å². The highest BCUT2D eigenvalue weighted by Crippen LogP contribution is 2.32. The fourth-order valence-electron chi connectivity index (χ4n) is 2.46. The second-order valence-electron chi connectivity index (χ2n) is 5.15. The quantitative estimate of drug-likeness (QED) is 0.555. The summed E-state index contributed by atoms with van der Waals surface area (Å²) in [6, 6.07) is 1.25. The van der Waals surface area contributed by atoms with Gasteiger partial charge in [0.15, 0.2) is 5.65 Å². The van der Waals surface area contributed by atoms with Gasteiger partial charge in [0, 0.05) is 0 Å². The van der Waals surface area contributed by atoms with E-state index in [9.17, 15) is 19.4 Å². The molecule has 0 spiro atoms. The summed E-state index contributed by atoms with van der Waals surface area (Å²) in [6.45, 7) is 0.911. The van der Waals surface area contributed by atoms with Crippen molar-refractivity contribution in [2.24, 2.45) is 0 Å².